The molecule has 0 aromatic heterocycles. The fraction of sp³-hybridized carbons (Fsp3) is 0.400. The van der Waals surface area contributed by atoms with Crippen LogP contribution in [-0.2, 0) is 4.74 Å². The van der Waals surface area contributed by atoms with Crippen LogP contribution in [0.25, 0.3) is 6.08 Å². The molecule has 0 atom stereocenters. The third kappa shape index (κ3) is 4.56. The average Bonchev–Trinajstić information content (AvgIpc) is 2.79. The van der Waals surface area contributed by atoms with Crippen LogP contribution in [-0.4, -0.2) is 25.0 Å². The molecule has 1 aliphatic heterocycles. The molecule has 1 aliphatic rings. The summed E-state index contributed by atoms with van der Waals surface area (Å²) in [4.78, 5) is 11.5. The Balaban J connectivity index is 1.89. The molecule has 6 heteroatoms. The van der Waals surface area contributed by atoms with E-state index in [4.69, 9.17) is 25.8 Å². The highest BCUT2D eigenvalue weighted by Crippen LogP contribution is 2.37. The second-order valence-electron chi connectivity index (χ2n) is 5.51. The van der Waals surface area contributed by atoms with Gasteiger partial charge in [-0.05, 0) is 32.4 Å². The lowest BCUT2D eigenvalue weighted by molar-refractivity contribution is 0.0534. The highest BCUT2D eigenvalue weighted by atomic mass is 35.5. The van der Waals surface area contributed by atoms with E-state index in [2.05, 4.69) is 5.32 Å². The van der Waals surface area contributed by atoms with E-state index in [0.29, 0.717) is 23.1 Å². The summed E-state index contributed by atoms with van der Waals surface area (Å²) in [7, 11) is 0. The molecular formula is C15H18ClNO4. The molecular weight excluding hydrogens is 294 g/mol. The Morgan fingerprint density at radius 1 is 1.38 bits per heavy atom. The Labute approximate surface area is 128 Å². The molecule has 2 rings (SSSR count). The maximum Gasteiger partial charge on any atom is 0.407 e. The Morgan fingerprint density at radius 2 is 2.05 bits per heavy atom. The monoisotopic (exact) mass is 311 g/mol. The number of ether oxygens (including phenoxy) is 3. The Morgan fingerprint density at radius 3 is 2.71 bits per heavy atom. The Hall–Kier alpha value is -1.88. The standard InChI is InChI=1S/C15H18ClNO4/c1-15(2,3)21-14(18)17-6-4-5-10-7-12-13(8-11(10)16)20-9-19-12/h4-5,7-8H,6,9H2,1-3H3,(H,17,18). The van der Waals surface area contributed by atoms with Crippen molar-refractivity contribution in [2.24, 2.45) is 0 Å². The van der Waals surface area contributed by atoms with Gasteiger partial charge in [-0.15, -0.1) is 0 Å². The van der Waals surface area contributed by atoms with E-state index in [1.54, 1.807) is 18.2 Å². The van der Waals surface area contributed by atoms with Crippen molar-refractivity contribution in [3.8, 4) is 11.5 Å². The van der Waals surface area contributed by atoms with Crippen LogP contribution >= 0.6 is 11.6 Å². The Bertz CT molecular complexity index is 564. The van der Waals surface area contributed by atoms with Gasteiger partial charge in [-0.1, -0.05) is 23.8 Å². The summed E-state index contributed by atoms with van der Waals surface area (Å²) in [5.41, 5.74) is 0.293. The predicted molar refractivity (Wildman–Crippen MR) is 80.8 cm³/mol. The summed E-state index contributed by atoms with van der Waals surface area (Å²) in [5, 5.41) is 3.20. The highest BCUT2D eigenvalue weighted by Gasteiger charge is 2.16. The van der Waals surface area contributed by atoms with Crippen LogP contribution < -0.4 is 14.8 Å². The van der Waals surface area contributed by atoms with Crippen LogP contribution in [0, 0.1) is 0 Å². The lowest BCUT2D eigenvalue weighted by atomic mass is 10.2. The molecule has 1 heterocycles. The van der Waals surface area contributed by atoms with Crippen molar-refractivity contribution in [3.05, 3.63) is 28.8 Å². The molecule has 0 saturated carbocycles. The van der Waals surface area contributed by atoms with Gasteiger partial charge in [0.2, 0.25) is 6.79 Å². The van der Waals surface area contributed by atoms with E-state index in [1.165, 1.54) is 0 Å². The number of rotatable bonds is 3. The number of nitrogens with one attached hydrogen (secondary N) is 1. The van der Waals surface area contributed by atoms with Crippen LogP contribution in [0.3, 0.4) is 0 Å². The number of carbonyl (C=O) groups excluding carboxylic acids is 1. The van der Waals surface area contributed by atoms with Gasteiger partial charge in [-0.25, -0.2) is 4.79 Å². The first kappa shape index (κ1) is 15.5. The lowest BCUT2D eigenvalue weighted by Crippen LogP contribution is -2.32. The number of hydrogen-bond donors (Lipinski definition) is 1. The van der Waals surface area contributed by atoms with E-state index >= 15 is 0 Å². The quantitative estimate of drug-likeness (QED) is 0.926. The van der Waals surface area contributed by atoms with Crippen LogP contribution in [0.2, 0.25) is 5.02 Å². The van der Waals surface area contributed by atoms with Gasteiger partial charge < -0.3 is 19.5 Å². The average molecular weight is 312 g/mol. The van der Waals surface area contributed by atoms with Crippen molar-refractivity contribution in [2.45, 2.75) is 26.4 Å². The Kier molecular flexibility index (Phi) is 4.63. The summed E-state index contributed by atoms with van der Waals surface area (Å²) >= 11 is 6.14. The molecule has 5 nitrogen and oxygen atoms in total. The minimum atomic E-state index is -0.506. The SMILES string of the molecule is CC(C)(C)OC(=O)NCC=Cc1cc2c(cc1Cl)OCO2. The van der Waals surface area contributed by atoms with Crippen molar-refractivity contribution in [1.82, 2.24) is 5.32 Å². The largest absolute Gasteiger partial charge is 0.454 e. The van der Waals surface area contributed by atoms with Gasteiger partial charge in [0.1, 0.15) is 5.60 Å². The minimum Gasteiger partial charge on any atom is -0.454 e. The van der Waals surface area contributed by atoms with Crippen molar-refractivity contribution in [3.63, 3.8) is 0 Å². The van der Waals surface area contributed by atoms with Crippen LogP contribution in [0.15, 0.2) is 18.2 Å². The topological polar surface area (TPSA) is 56.8 Å². The smallest absolute Gasteiger partial charge is 0.407 e. The summed E-state index contributed by atoms with van der Waals surface area (Å²) < 4.78 is 15.7. The first-order chi connectivity index (χ1) is 9.85. The number of carbonyl (C=O) groups is 1. The van der Waals surface area contributed by atoms with Gasteiger partial charge in [-0.3, -0.25) is 0 Å². The second-order valence-corrected chi connectivity index (χ2v) is 5.92. The first-order valence-electron chi connectivity index (χ1n) is 6.58. The molecule has 21 heavy (non-hydrogen) atoms. The molecule has 0 unspecified atom stereocenters. The molecule has 1 aromatic rings. The predicted octanol–water partition coefficient (Wildman–Crippen LogP) is 3.61. The van der Waals surface area contributed by atoms with E-state index in [1.807, 2.05) is 26.8 Å². The summed E-state index contributed by atoms with van der Waals surface area (Å²) in [6.45, 7) is 6.00. The van der Waals surface area contributed by atoms with Crippen molar-refractivity contribution >= 4 is 23.8 Å². The molecule has 114 valence electrons. The number of alkyl carbamates (subject to hydrolysis) is 1. The van der Waals surface area contributed by atoms with Gasteiger partial charge >= 0.3 is 6.09 Å². The molecule has 1 aromatic carbocycles. The van der Waals surface area contributed by atoms with Crippen molar-refractivity contribution < 1.29 is 19.0 Å². The molecule has 1 N–H and O–H groups in total. The zero-order valence-electron chi connectivity index (χ0n) is 12.2. The first-order valence-corrected chi connectivity index (χ1v) is 6.95. The lowest BCUT2D eigenvalue weighted by Gasteiger charge is -2.19. The number of fused-ring (bicyclic) bond motifs is 1. The van der Waals surface area contributed by atoms with E-state index < -0.39 is 11.7 Å². The summed E-state index contributed by atoms with van der Waals surface area (Å²) in [6.07, 6.45) is 3.14. The van der Waals surface area contributed by atoms with Crippen LogP contribution in [0.5, 0.6) is 11.5 Å². The molecule has 0 radical (unpaired) electrons. The minimum absolute atomic E-state index is 0.207. The van der Waals surface area contributed by atoms with Crippen LogP contribution in [0.1, 0.15) is 26.3 Å². The summed E-state index contributed by atoms with van der Waals surface area (Å²) in [5.74, 6) is 1.31. The molecule has 0 aliphatic carbocycles. The molecule has 0 fully saturated rings. The number of amides is 1. The fourth-order valence-corrected chi connectivity index (χ4v) is 1.92. The molecule has 0 spiro atoms. The van der Waals surface area contributed by atoms with E-state index in [0.717, 1.165) is 5.56 Å². The number of halogens is 1. The van der Waals surface area contributed by atoms with E-state index in [9.17, 15) is 4.79 Å². The number of hydrogen-bond acceptors (Lipinski definition) is 4. The summed E-state index contributed by atoms with van der Waals surface area (Å²) in [6, 6.07) is 3.51. The zero-order chi connectivity index (χ0) is 15.5. The third-order valence-electron chi connectivity index (χ3n) is 2.55. The maximum absolute atomic E-state index is 11.5. The van der Waals surface area contributed by atoms with Gasteiger partial charge in [-0.2, -0.15) is 0 Å². The normalized spacial score (nSPS) is 13.5. The molecule has 1 amide bonds. The van der Waals surface area contributed by atoms with Gasteiger partial charge in [0.15, 0.2) is 11.5 Å². The van der Waals surface area contributed by atoms with E-state index in [-0.39, 0.29) is 6.79 Å². The fourth-order valence-electron chi connectivity index (χ4n) is 1.70. The van der Waals surface area contributed by atoms with Crippen molar-refractivity contribution in [1.29, 1.82) is 0 Å². The molecule has 0 saturated heterocycles. The van der Waals surface area contributed by atoms with Gasteiger partial charge in [0, 0.05) is 12.6 Å². The van der Waals surface area contributed by atoms with Gasteiger partial charge in [0.05, 0.1) is 5.02 Å². The third-order valence-corrected chi connectivity index (χ3v) is 2.88. The van der Waals surface area contributed by atoms with Crippen LogP contribution in [0.4, 0.5) is 4.79 Å². The molecule has 0 bridgehead atoms. The second kappa shape index (κ2) is 6.26. The highest BCUT2D eigenvalue weighted by molar-refractivity contribution is 6.32. The number of benzene rings is 1. The zero-order valence-corrected chi connectivity index (χ0v) is 13.0. The van der Waals surface area contributed by atoms with Gasteiger partial charge in [0.25, 0.3) is 0 Å². The van der Waals surface area contributed by atoms with Crippen molar-refractivity contribution in [2.75, 3.05) is 13.3 Å². The maximum atomic E-state index is 11.5.